The first-order chi connectivity index (χ1) is 12.1. The van der Waals surface area contributed by atoms with E-state index in [-0.39, 0.29) is 23.0 Å². The highest BCUT2D eigenvalue weighted by Gasteiger charge is 2.29. The molecular weight excluding hydrogens is 322 g/mol. The average Bonchev–Trinajstić information content (AvgIpc) is 3.16. The zero-order valence-electron chi connectivity index (χ0n) is 13.7. The number of carbonyl (C=O) groups is 1. The minimum absolute atomic E-state index is 0.109. The Morgan fingerprint density at radius 3 is 3.04 bits per heavy atom. The van der Waals surface area contributed by atoms with Crippen molar-refractivity contribution in [2.24, 2.45) is 0 Å². The van der Waals surface area contributed by atoms with E-state index in [2.05, 4.69) is 9.97 Å². The molecule has 0 aliphatic carbocycles. The number of nitrogens with one attached hydrogen (secondary N) is 1. The van der Waals surface area contributed by atoms with Crippen LogP contribution in [0.15, 0.2) is 45.9 Å². The topological polar surface area (TPSA) is 88.4 Å². The first-order valence-electron chi connectivity index (χ1n) is 8.07. The molecule has 3 aromatic heterocycles. The molecular formula is C18H17N3O4. The van der Waals surface area contributed by atoms with Gasteiger partial charge < -0.3 is 19.0 Å². The average molecular weight is 339 g/mol. The number of rotatable bonds is 2. The molecule has 1 fully saturated rings. The van der Waals surface area contributed by atoms with Gasteiger partial charge in [0.25, 0.3) is 5.91 Å². The van der Waals surface area contributed by atoms with Gasteiger partial charge in [-0.25, -0.2) is 4.98 Å². The largest absolute Gasteiger partial charge is 0.467 e. The van der Waals surface area contributed by atoms with Crippen molar-refractivity contribution in [2.75, 3.05) is 19.7 Å². The quantitative estimate of drug-likeness (QED) is 0.772. The molecule has 1 aliphatic rings. The Bertz CT molecular complexity index is 978. The second kappa shape index (κ2) is 6.18. The third kappa shape index (κ3) is 2.83. The molecule has 1 unspecified atom stereocenters. The summed E-state index contributed by atoms with van der Waals surface area (Å²) in [4.78, 5) is 34.4. The molecule has 1 saturated heterocycles. The number of fused-ring (bicyclic) bond motifs is 1. The number of amides is 1. The van der Waals surface area contributed by atoms with E-state index in [0.717, 1.165) is 5.69 Å². The first-order valence-corrected chi connectivity index (χ1v) is 8.07. The van der Waals surface area contributed by atoms with Crippen molar-refractivity contribution in [1.82, 2.24) is 14.9 Å². The van der Waals surface area contributed by atoms with Crippen LogP contribution < -0.4 is 5.43 Å². The number of morpholine rings is 1. The molecule has 0 radical (unpaired) electrons. The van der Waals surface area contributed by atoms with Crippen LogP contribution in [0.5, 0.6) is 0 Å². The molecule has 0 bridgehead atoms. The fourth-order valence-corrected chi connectivity index (χ4v) is 3.01. The number of aryl methyl sites for hydroxylation is 1. The number of hydrogen-bond acceptors (Lipinski definition) is 5. The van der Waals surface area contributed by atoms with Gasteiger partial charge >= 0.3 is 0 Å². The van der Waals surface area contributed by atoms with E-state index in [9.17, 15) is 9.59 Å². The SMILES string of the molecule is Cc1ccc2c(=O)c(C(=O)N3CCOC(c4ccco4)C3)c[nH]c2n1. The molecule has 0 spiro atoms. The standard InChI is InChI=1S/C18H17N3O4/c1-11-4-5-12-16(22)13(9-19-17(12)20-11)18(23)21-6-8-25-15(10-21)14-3-2-7-24-14/h2-5,7,9,15H,6,8,10H2,1H3,(H,19,20,22). The Morgan fingerprint density at radius 2 is 2.24 bits per heavy atom. The Morgan fingerprint density at radius 1 is 1.36 bits per heavy atom. The van der Waals surface area contributed by atoms with Crippen molar-refractivity contribution in [3.63, 3.8) is 0 Å². The third-order valence-electron chi connectivity index (χ3n) is 4.32. The van der Waals surface area contributed by atoms with Crippen molar-refractivity contribution in [3.05, 3.63) is 64.0 Å². The van der Waals surface area contributed by atoms with Gasteiger partial charge in [-0.2, -0.15) is 0 Å². The molecule has 7 heteroatoms. The minimum Gasteiger partial charge on any atom is -0.467 e. The lowest BCUT2D eigenvalue weighted by atomic mass is 10.1. The van der Waals surface area contributed by atoms with E-state index in [0.29, 0.717) is 36.5 Å². The lowest BCUT2D eigenvalue weighted by molar-refractivity contribution is -0.0321. The normalized spacial score (nSPS) is 17.8. The third-order valence-corrected chi connectivity index (χ3v) is 4.32. The number of furan rings is 1. The molecule has 7 nitrogen and oxygen atoms in total. The zero-order valence-corrected chi connectivity index (χ0v) is 13.7. The predicted octanol–water partition coefficient (Wildman–Crippen LogP) is 2.04. The van der Waals surface area contributed by atoms with Crippen molar-refractivity contribution < 1.29 is 13.9 Å². The zero-order chi connectivity index (χ0) is 17.4. The summed E-state index contributed by atoms with van der Waals surface area (Å²) in [5.74, 6) is 0.355. The van der Waals surface area contributed by atoms with Crippen molar-refractivity contribution in [1.29, 1.82) is 0 Å². The van der Waals surface area contributed by atoms with Crippen molar-refractivity contribution >= 4 is 16.9 Å². The number of aromatic amines is 1. The highest BCUT2D eigenvalue weighted by Crippen LogP contribution is 2.23. The van der Waals surface area contributed by atoms with Crippen LogP contribution in [0.25, 0.3) is 11.0 Å². The Hall–Kier alpha value is -2.93. The summed E-state index contributed by atoms with van der Waals surface area (Å²) in [5, 5.41) is 0.410. The van der Waals surface area contributed by atoms with Crippen LogP contribution in [0, 0.1) is 6.92 Å². The second-order valence-electron chi connectivity index (χ2n) is 6.01. The second-order valence-corrected chi connectivity index (χ2v) is 6.01. The Labute approximate surface area is 143 Å². The first kappa shape index (κ1) is 15.6. The smallest absolute Gasteiger partial charge is 0.259 e. The van der Waals surface area contributed by atoms with E-state index in [1.165, 1.54) is 6.20 Å². The van der Waals surface area contributed by atoms with Crippen LogP contribution in [0.4, 0.5) is 0 Å². The highest BCUT2D eigenvalue weighted by atomic mass is 16.5. The van der Waals surface area contributed by atoms with Gasteiger partial charge in [0, 0.05) is 18.4 Å². The van der Waals surface area contributed by atoms with Gasteiger partial charge in [-0.15, -0.1) is 0 Å². The van der Waals surface area contributed by atoms with Gasteiger partial charge in [0.15, 0.2) is 0 Å². The Balaban J connectivity index is 1.64. The van der Waals surface area contributed by atoms with E-state index < -0.39 is 0 Å². The van der Waals surface area contributed by atoms with E-state index in [1.807, 2.05) is 13.0 Å². The lowest BCUT2D eigenvalue weighted by Crippen LogP contribution is -2.43. The number of hydrogen-bond donors (Lipinski definition) is 1. The van der Waals surface area contributed by atoms with E-state index in [1.54, 1.807) is 29.4 Å². The summed E-state index contributed by atoms with van der Waals surface area (Å²) in [6, 6.07) is 7.05. The molecule has 128 valence electrons. The summed E-state index contributed by atoms with van der Waals surface area (Å²) in [5.41, 5.74) is 1.08. The van der Waals surface area contributed by atoms with Gasteiger partial charge in [0.2, 0.25) is 5.43 Å². The molecule has 1 atom stereocenters. The Kier molecular flexibility index (Phi) is 3.85. The van der Waals surface area contributed by atoms with Gasteiger partial charge in [-0.3, -0.25) is 9.59 Å². The molecule has 0 aromatic carbocycles. The number of aromatic nitrogens is 2. The molecule has 4 heterocycles. The predicted molar refractivity (Wildman–Crippen MR) is 90.4 cm³/mol. The lowest BCUT2D eigenvalue weighted by Gasteiger charge is -2.31. The van der Waals surface area contributed by atoms with Gasteiger partial charge in [-0.1, -0.05) is 0 Å². The number of carbonyl (C=O) groups excluding carboxylic acids is 1. The monoisotopic (exact) mass is 339 g/mol. The number of nitrogens with zero attached hydrogens (tertiary/aromatic N) is 2. The number of ether oxygens (including phenoxy) is 1. The summed E-state index contributed by atoms with van der Waals surface area (Å²) >= 11 is 0. The van der Waals surface area contributed by atoms with Gasteiger partial charge in [0.05, 0.1) is 24.8 Å². The number of H-pyrrole nitrogens is 1. The molecule has 0 saturated carbocycles. The van der Waals surface area contributed by atoms with Crippen LogP contribution in [0.1, 0.15) is 27.9 Å². The summed E-state index contributed by atoms with van der Waals surface area (Å²) in [6.45, 7) is 3.01. The molecule has 3 aromatic rings. The molecule has 1 N–H and O–H groups in total. The fraction of sp³-hybridized carbons (Fsp3) is 0.278. The molecule has 4 rings (SSSR count). The summed E-state index contributed by atoms with van der Waals surface area (Å²) < 4.78 is 11.0. The summed E-state index contributed by atoms with van der Waals surface area (Å²) in [7, 11) is 0. The van der Waals surface area contributed by atoms with Crippen molar-refractivity contribution in [3.8, 4) is 0 Å². The van der Waals surface area contributed by atoms with Gasteiger partial charge in [0.1, 0.15) is 23.1 Å². The maximum absolute atomic E-state index is 12.8. The highest BCUT2D eigenvalue weighted by molar-refractivity contribution is 5.96. The van der Waals surface area contributed by atoms with Crippen LogP contribution in [-0.4, -0.2) is 40.5 Å². The number of pyridine rings is 2. The fourth-order valence-electron chi connectivity index (χ4n) is 3.01. The van der Waals surface area contributed by atoms with Crippen LogP contribution >= 0.6 is 0 Å². The van der Waals surface area contributed by atoms with Gasteiger partial charge in [-0.05, 0) is 31.2 Å². The maximum Gasteiger partial charge on any atom is 0.259 e. The summed E-state index contributed by atoms with van der Waals surface area (Å²) in [6.07, 6.45) is 2.69. The van der Waals surface area contributed by atoms with E-state index >= 15 is 0 Å². The van der Waals surface area contributed by atoms with E-state index in [4.69, 9.17) is 9.15 Å². The molecule has 1 amide bonds. The molecule has 1 aliphatic heterocycles. The van der Waals surface area contributed by atoms with Crippen LogP contribution in [0.2, 0.25) is 0 Å². The molecule has 25 heavy (non-hydrogen) atoms. The maximum atomic E-state index is 12.8. The van der Waals surface area contributed by atoms with Crippen LogP contribution in [-0.2, 0) is 4.74 Å². The minimum atomic E-state index is -0.323. The van der Waals surface area contributed by atoms with Crippen molar-refractivity contribution in [2.45, 2.75) is 13.0 Å². The van der Waals surface area contributed by atoms with Crippen LogP contribution in [0.3, 0.4) is 0 Å².